The van der Waals surface area contributed by atoms with Gasteiger partial charge in [0.2, 0.25) is 0 Å². The Hall–Kier alpha value is 0.644. The van der Waals surface area contributed by atoms with Crippen LogP contribution >= 0.6 is 0 Å². The molecule has 0 atom stereocenters. The van der Waals surface area contributed by atoms with Gasteiger partial charge in [0, 0.05) is 38.2 Å². The summed E-state index contributed by atoms with van der Waals surface area (Å²) in [4.78, 5) is 0. The monoisotopic (exact) mass is 260 g/mol. The van der Waals surface area contributed by atoms with E-state index in [4.69, 9.17) is 0 Å². The van der Waals surface area contributed by atoms with Crippen molar-refractivity contribution in [3.8, 4) is 0 Å². The molecule has 2 heteroatoms. The molecular weight excluding hydrogens is 235 g/mol. The van der Waals surface area contributed by atoms with Crippen molar-refractivity contribution in [2.75, 3.05) is 0 Å². The van der Waals surface area contributed by atoms with Gasteiger partial charge in [-0.15, -0.1) is 0 Å². The van der Waals surface area contributed by atoms with Gasteiger partial charge in [-0.05, 0) is 32.4 Å². The number of allylic oxidation sites excluding steroid dienone is 1. The Morgan fingerprint density at radius 3 is 1.54 bits per heavy atom. The van der Waals surface area contributed by atoms with Gasteiger partial charge in [0.25, 0.3) is 0 Å². The molecule has 1 radical (unpaired) electrons. The van der Waals surface area contributed by atoms with Gasteiger partial charge < -0.3 is 5.32 Å². The van der Waals surface area contributed by atoms with E-state index >= 15 is 0 Å². The smallest absolute Gasteiger partial charge is 0.0283 e. The molecule has 0 aliphatic rings. The van der Waals surface area contributed by atoms with E-state index in [1.54, 1.807) is 0 Å². The van der Waals surface area contributed by atoms with Gasteiger partial charge in [0.05, 0.1) is 0 Å². The molecule has 0 heterocycles. The molecule has 0 bridgehead atoms. The molecule has 0 saturated heterocycles. The maximum Gasteiger partial charge on any atom is 0.0283 e. The summed E-state index contributed by atoms with van der Waals surface area (Å²) in [5, 5.41) is 3.30. The molecule has 0 aromatic heterocycles. The van der Waals surface area contributed by atoms with E-state index in [0.717, 1.165) is 0 Å². The first-order valence-corrected chi connectivity index (χ1v) is 4.16. The van der Waals surface area contributed by atoms with Crippen LogP contribution in [0.15, 0.2) is 12.3 Å². The number of hydrogen-bond acceptors (Lipinski definition) is 1. The molecule has 0 fully saturated rings. The first-order valence-electron chi connectivity index (χ1n) is 4.16. The van der Waals surface area contributed by atoms with E-state index in [1.165, 1.54) is 0 Å². The van der Waals surface area contributed by atoms with E-state index < -0.39 is 0 Å². The predicted molar refractivity (Wildman–Crippen MR) is 58.2 cm³/mol. The Kier molecular flexibility index (Phi) is 10.4. The van der Waals surface area contributed by atoms with Gasteiger partial charge in [-0.3, -0.25) is 0 Å². The molecule has 0 aromatic carbocycles. The molecule has 1 N–H and O–H groups in total. The van der Waals surface area contributed by atoms with Crippen molar-refractivity contribution in [1.29, 1.82) is 0 Å². The zero-order valence-corrected chi connectivity index (χ0v) is 12.1. The molecule has 0 unspecified atom stereocenters. The second-order valence-electron chi connectivity index (χ2n) is 5.09. The fraction of sp³-hybridized carbons (Fsp3) is 0.818. The van der Waals surface area contributed by atoms with Gasteiger partial charge >= 0.3 is 0 Å². The van der Waals surface area contributed by atoms with Gasteiger partial charge in [0.1, 0.15) is 0 Å². The molecular formula is C11H25NY. The topological polar surface area (TPSA) is 12.0 Å². The van der Waals surface area contributed by atoms with Crippen molar-refractivity contribution >= 4 is 0 Å². The van der Waals surface area contributed by atoms with Crippen molar-refractivity contribution in [1.82, 2.24) is 5.32 Å². The minimum atomic E-state index is 0. The summed E-state index contributed by atoms with van der Waals surface area (Å²) < 4.78 is 0. The van der Waals surface area contributed by atoms with Gasteiger partial charge in [-0.2, -0.15) is 0 Å². The van der Waals surface area contributed by atoms with Crippen LogP contribution in [0.3, 0.4) is 0 Å². The largest absolute Gasteiger partial charge is 0.387 e. The standard InChI is InChI=1S/C10H21N.CH4.Y/c1-9(2,3)7-8-11-10(4,5)6;;/h7-8,11H,1-6H3;1H4;/b8-7-;;. The van der Waals surface area contributed by atoms with E-state index in [-0.39, 0.29) is 51.1 Å². The summed E-state index contributed by atoms with van der Waals surface area (Å²) >= 11 is 0. The predicted octanol–water partition coefficient (Wildman–Crippen LogP) is 3.57. The minimum absolute atomic E-state index is 0. The average molecular weight is 260 g/mol. The van der Waals surface area contributed by atoms with E-state index in [9.17, 15) is 0 Å². The van der Waals surface area contributed by atoms with Crippen LogP contribution in [0.1, 0.15) is 49.0 Å². The average Bonchev–Trinajstić information content (AvgIpc) is 1.55. The van der Waals surface area contributed by atoms with Gasteiger partial charge in [-0.25, -0.2) is 0 Å². The summed E-state index contributed by atoms with van der Waals surface area (Å²) in [5.41, 5.74) is 0.458. The summed E-state index contributed by atoms with van der Waals surface area (Å²) in [7, 11) is 0. The van der Waals surface area contributed by atoms with Crippen LogP contribution in [0.25, 0.3) is 0 Å². The SMILES string of the molecule is C.CC(C)(C)/C=C\NC(C)(C)C.[Y]. The molecule has 0 rings (SSSR count). The van der Waals surface area contributed by atoms with Gasteiger partial charge in [0.15, 0.2) is 0 Å². The van der Waals surface area contributed by atoms with Crippen LogP contribution < -0.4 is 5.32 Å². The van der Waals surface area contributed by atoms with Crippen LogP contribution in [0.2, 0.25) is 0 Å². The molecule has 0 aromatic rings. The van der Waals surface area contributed by atoms with E-state index in [0.29, 0.717) is 0 Å². The molecule has 0 aliphatic heterocycles. The fourth-order valence-electron chi connectivity index (χ4n) is 0.542. The number of nitrogens with one attached hydrogen (secondary N) is 1. The minimum Gasteiger partial charge on any atom is -0.387 e. The Balaban J connectivity index is -0.000000500. The van der Waals surface area contributed by atoms with Crippen molar-refractivity contribution in [3.63, 3.8) is 0 Å². The van der Waals surface area contributed by atoms with Crippen LogP contribution in [0.4, 0.5) is 0 Å². The second kappa shape index (κ2) is 7.00. The third-order valence-corrected chi connectivity index (χ3v) is 1.10. The maximum absolute atomic E-state index is 3.30. The van der Waals surface area contributed by atoms with Crippen LogP contribution in [-0.2, 0) is 32.7 Å². The molecule has 1 nitrogen and oxygen atoms in total. The van der Waals surface area contributed by atoms with Crippen molar-refractivity contribution in [2.45, 2.75) is 54.5 Å². The molecule has 13 heavy (non-hydrogen) atoms. The van der Waals surface area contributed by atoms with Gasteiger partial charge in [-0.1, -0.05) is 34.3 Å². The Labute approximate surface area is 110 Å². The van der Waals surface area contributed by atoms with Crippen LogP contribution in [0, 0.1) is 5.41 Å². The Bertz CT molecular complexity index is 137. The summed E-state index contributed by atoms with van der Waals surface area (Å²) in [5.74, 6) is 0. The quantitative estimate of drug-likeness (QED) is 0.760. The third-order valence-electron chi connectivity index (χ3n) is 1.10. The molecule has 77 valence electrons. The van der Waals surface area contributed by atoms with Crippen molar-refractivity contribution in [2.24, 2.45) is 5.41 Å². The van der Waals surface area contributed by atoms with E-state index in [2.05, 4.69) is 52.9 Å². The Morgan fingerprint density at radius 2 is 1.31 bits per heavy atom. The molecule has 0 spiro atoms. The zero-order chi connectivity index (χ0) is 9.12. The first-order chi connectivity index (χ1) is 4.71. The molecule has 0 amide bonds. The van der Waals surface area contributed by atoms with Crippen LogP contribution in [-0.4, -0.2) is 5.54 Å². The second-order valence-corrected chi connectivity index (χ2v) is 5.09. The van der Waals surface area contributed by atoms with E-state index in [1.807, 2.05) is 6.20 Å². The normalized spacial score (nSPS) is 11.8. The number of hydrogen-bond donors (Lipinski definition) is 1. The Morgan fingerprint density at radius 1 is 0.923 bits per heavy atom. The number of rotatable bonds is 1. The third kappa shape index (κ3) is 19.2. The van der Waals surface area contributed by atoms with Crippen molar-refractivity contribution in [3.05, 3.63) is 12.3 Å². The molecule has 0 saturated carbocycles. The fourth-order valence-corrected chi connectivity index (χ4v) is 0.542. The zero-order valence-electron chi connectivity index (χ0n) is 9.23. The first kappa shape index (κ1) is 19.3. The summed E-state index contributed by atoms with van der Waals surface area (Å²) in [6, 6.07) is 0. The summed E-state index contributed by atoms with van der Waals surface area (Å²) in [6.45, 7) is 13.0. The van der Waals surface area contributed by atoms with Crippen molar-refractivity contribution < 1.29 is 32.7 Å². The maximum atomic E-state index is 3.30. The molecule has 0 aliphatic carbocycles. The van der Waals surface area contributed by atoms with Crippen LogP contribution in [0.5, 0.6) is 0 Å². The summed E-state index contributed by atoms with van der Waals surface area (Å²) in [6.07, 6.45) is 4.22.